The summed E-state index contributed by atoms with van der Waals surface area (Å²) in [6, 6.07) is 6.01. The van der Waals surface area contributed by atoms with Crippen molar-refractivity contribution in [3.8, 4) is 0 Å². The second kappa shape index (κ2) is 12.2. The summed E-state index contributed by atoms with van der Waals surface area (Å²) in [5.41, 5.74) is 0.797. The van der Waals surface area contributed by atoms with Crippen molar-refractivity contribution in [3.63, 3.8) is 0 Å². The highest BCUT2D eigenvalue weighted by Gasteiger charge is 2.22. The van der Waals surface area contributed by atoms with Gasteiger partial charge in [0.2, 0.25) is 11.9 Å². The van der Waals surface area contributed by atoms with E-state index in [-0.39, 0.29) is 29.8 Å². The predicted octanol–water partition coefficient (Wildman–Crippen LogP) is 2.38. The molecule has 2 aromatic rings. The Hall–Kier alpha value is -3.40. The summed E-state index contributed by atoms with van der Waals surface area (Å²) in [4.78, 5) is 49.1. The summed E-state index contributed by atoms with van der Waals surface area (Å²) >= 11 is 6.21. The minimum atomic E-state index is -0.452. The molecule has 0 atom stereocenters. The first kappa shape index (κ1) is 25.2. The number of carbonyl (C=O) groups excluding carboxylic acids is 3. The van der Waals surface area contributed by atoms with Crippen LogP contribution >= 0.6 is 11.6 Å². The molecule has 182 valence electrons. The van der Waals surface area contributed by atoms with Gasteiger partial charge in [-0.3, -0.25) is 9.59 Å². The molecule has 2 heterocycles. The van der Waals surface area contributed by atoms with E-state index in [1.54, 1.807) is 35.5 Å². The quantitative estimate of drug-likeness (QED) is 0.526. The van der Waals surface area contributed by atoms with Gasteiger partial charge in [0.25, 0.3) is 5.91 Å². The van der Waals surface area contributed by atoms with Crippen LogP contribution in [0.25, 0.3) is 0 Å². The number of benzene rings is 1. The first-order valence-corrected chi connectivity index (χ1v) is 11.6. The Kier molecular flexibility index (Phi) is 9.03. The van der Waals surface area contributed by atoms with Crippen LogP contribution in [0, 0.1) is 5.92 Å². The van der Waals surface area contributed by atoms with E-state index >= 15 is 0 Å². The molecule has 1 fully saturated rings. The molecule has 1 saturated heterocycles. The van der Waals surface area contributed by atoms with Crippen molar-refractivity contribution in [2.24, 2.45) is 5.92 Å². The fourth-order valence-corrected chi connectivity index (χ4v) is 3.66. The lowest BCUT2D eigenvalue weighted by Gasteiger charge is -2.34. The van der Waals surface area contributed by atoms with E-state index < -0.39 is 6.03 Å². The molecule has 1 aromatic heterocycles. The Balaban J connectivity index is 1.38. The molecule has 4 amide bonds. The summed E-state index contributed by atoms with van der Waals surface area (Å²) in [7, 11) is 0. The minimum absolute atomic E-state index is 0.0197. The second-order valence-electron chi connectivity index (χ2n) is 8.35. The van der Waals surface area contributed by atoms with Gasteiger partial charge in [-0.2, -0.15) is 0 Å². The largest absolute Gasteiger partial charge is 0.352 e. The van der Waals surface area contributed by atoms with Gasteiger partial charge in [0, 0.05) is 63.8 Å². The second-order valence-corrected chi connectivity index (χ2v) is 8.75. The summed E-state index contributed by atoms with van der Waals surface area (Å²) in [5, 5.41) is 8.39. The van der Waals surface area contributed by atoms with Crippen LogP contribution in [0.2, 0.25) is 5.02 Å². The SMILES string of the molecule is CC(C)CNC(=O)c1ccc(NC(=O)NCCC(=O)N2CCN(c3ncccn3)CC2)cc1Cl. The Morgan fingerprint density at radius 2 is 1.76 bits per heavy atom. The number of halogens is 1. The summed E-state index contributed by atoms with van der Waals surface area (Å²) < 4.78 is 0. The van der Waals surface area contributed by atoms with Crippen LogP contribution in [-0.4, -0.2) is 72.0 Å². The molecule has 0 spiro atoms. The molecule has 3 rings (SSSR count). The first-order valence-electron chi connectivity index (χ1n) is 11.3. The van der Waals surface area contributed by atoms with Crippen molar-refractivity contribution >= 4 is 41.1 Å². The number of piperazine rings is 1. The van der Waals surface area contributed by atoms with Crippen molar-refractivity contribution in [1.29, 1.82) is 0 Å². The third-order valence-electron chi connectivity index (χ3n) is 5.23. The normalized spacial score (nSPS) is 13.5. The lowest BCUT2D eigenvalue weighted by molar-refractivity contribution is -0.131. The number of carbonyl (C=O) groups is 3. The molecule has 1 aliphatic heterocycles. The lowest BCUT2D eigenvalue weighted by Crippen LogP contribution is -2.49. The molecule has 1 aliphatic rings. The van der Waals surface area contributed by atoms with Crippen LogP contribution in [0.4, 0.5) is 16.4 Å². The predicted molar refractivity (Wildman–Crippen MR) is 131 cm³/mol. The molecular weight excluding hydrogens is 458 g/mol. The van der Waals surface area contributed by atoms with Gasteiger partial charge in [0.15, 0.2) is 0 Å². The van der Waals surface area contributed by atoms with Crippen molar-refractivity contribution in [2.45, 2.75) is 20.3 Å². The smallest absolute Gasteiger partial charge is 0.319 e. The van der Waals surface area contributed by atoms with Crippen molar-refractivity contribution in [1.82, 2.24) is 25.5 Å². The van der Waals surface area contributed by atoms with Crippen LogP contribution in [0.3, 0.4) is 0 Å². The van der Waals surface area contributed by atoms with Gasteiger partial charge >= 0.3 is 6.03 Å². The third-order valence-corrected chi connectivity index (χ3v) is 5.55. The molecule has 1 aromatic carbocycles. The highest BCUT2D eigenvalue weighted by Crippen LogP contribution is 2.21. The van der Waals surface area contributed by atoms with Crippen LogP contribution < -0.4 is 20.9 Å². The van der Waals surface area contributed by atoms with E-state index in [1.165, 1.54) is 6.07 Å². The van der Waals surface area contributed by atoms with E-state index in [9.17, 15) is 14.4 Å². The van der Waals surface area contributed by atoms with Gasteiger partial charge in [0.1, 0.15) is 0 Å². The molecule has 0 unspecified atom stereocenters. The zero-order chi connectivity index (χ0) is 24.5. The Morgan fingerprint density at radius 1 is 1.06 bits per heavy atom. The molecular formula is C23H30ClN7O3. The zero-order valence-electron chi connectivity index (χ0n) is 19.4. The van der Waals surface area contributed by atoms with Crippen LogP contribution in [0.15, 0.2) is 36.7 Å². The van der Waals surface area contributed by atoms with Crippen molar-refractivity contribution < 1.29 is 14.4 Å². The van der Waals surface area contributed by atoms with Crippen molar-refractivity contribution in [2.75, 3.05) is 49.5 Å². The van der Waals surface area contributed by atoms with Crippen LogP contribution in [0.5, 0.6) is 0 Å². The van der Waals surface area contributed by atoms with Gasteiger partial charge in [-0.25, -0.2) is 14.8 Å². The lowest BCUT2D eigenvalue weighted by atomic mass is 10.1. The number of aromatic nitrogens is 2. The number of hydrogen-bond acceptors (Lipinski definition) is 6. The zero-order valence-corrected chi connectivity index (χ0v) is 20.1. The van der Waals surface area contributed by atoms with E-state index in [0.29, 0.717) is 55.8 Å². The van der Waals surface area contributed by atoms with Gasteiger partial charge in [0.05, 0.1) is 10.6 Å². The minimum Gasteiger partial charge on any atom is -0.352 e. The summed E-state index contributed by atoms with van der Waals surface area (Å²) in [5.74, 6) is 0.712. The highest BCUT2D eigenvalue weighted by atomic mass is 35.5. The fourth-order valence-electron chi connectivity index (χ4n) is 3.40. The van der Waals surface area contributed by atoms with E-state index in [4.69, 9.17) is 11.6 Å². The first-order chi connectivity index (χ1) is 16.3. The average molecular weight is 488 g/mol. The molecule has 3 N–H and O–H groups in total. The molecule has 0 aliphatic carbocycles. The molecule has 11 heteroatoms. The monoisotopic (exact) mass is 487 g/mol. The van der Waals surface area contributed by atoms with Crippen LogP contribution in [0.1, 0.15) is 30.6 Å². The number of nitrogens with zero attached hydrogens (tertiary/aromatic N) is 4. The number of urea groups is 1. The average Bonchev–Trinajstić information content (AvgIpc) is 2.83. The summed E-state index contributed by atoms with van der Waals surface area (Å²) in [6.07, 6.45) is 3.60. The Bertz CT molecular complexity index is 995. The third kappa shape index (κ3) is 7.31. The van der Waals surface area contributed by atoms with Crippen LogP contribution in [-0.2, 0) is 4.79 Å². The molecule has 0 saturated carbocycles. The summed E-state index contributed by atoms with van der Waals surface area (Å²) in [6.45, 7) is 7.25. The highest BCUT2D eigenvalue weighted by molar-refractivity contribution is 6.34. The maximum Gasteiger partial charge on any atom is 0.319 e. The number of hydrogen-bond donors (Lipinski definition) is 3. The number of amides is 4. The number of rotatable bonds is 8. The Morgan fingerprint density at radius 3 is 2.41 bits per heavy atom. The van der Waals surface area contributed by atoms with Gasteiger partial charge in [-0.15, -0.1) is 0 Å². The topological polar surface area (TPSA) is 120 Å². The van der Waals surface area contributed by atoms with E-state index in [2.05, 4.69) is 25.9 Å². The number of nitrogens with one attached hydrogen (secondary N) is 3. The van der Waals surface area contributed by atoms with Gasteiger partial charge < -0.3 is 25.8 Å². The van der Waals surface area contributed by atoms with Gasteiger partial charge in [-0.1, -0.05) is 25.4 Å². The molecule has 10 nitrogen and oxygen atoms in total. The molecule has 0 radical (unpaired) electrons. The molecule has 0 bridgehead atoms. The number of anilines is 2. The van der Waals surface area contributed by atoms with E-state index in [1.807, 2.05) is 18.7 Å². The maximum absolute atomic E-state index is 12.5. The van der Waals surface area contributed by atoms with Crippen molar-refractivity contribution in [3.05, 3.63) is 47.2 Å². The maximum atomic E-state index is 12.5. The van der Waals surface area contributed by atoms with E-state index in [0.717, 1.165) is 0 Å². The van der Waals surface area contributed by atoms with Gasteiger partial charge in [-0.05, 0) is 30.2 Å². The molecule has 34 heavy (non-hydrogen) atoms. The fraction of sp³-hybridized carbons (Fsp3) is 0.435. The Labute approximate surface area is 204 Å². The standard InChI is InChI=1S/C23H30ClN7O3/c1-16(2)15-28-21(33)18-5-4-17(14-19(18)24)29-23(34)27-9-6-20(32)30-10-12-31(13-11-30)22-25-7-3-8-26-22/h3-5,7-8,14,16H,6,9-13,15H2,1-2H3,(H,28,33)(H2,27,29,34).